The molecule has 7 nitrogen and oxygen atoms in total. The van der Waals surface area contributed by atoms with Gasteiger partial charge >= 0.3 is 6.09 Å². The van der Waals surface area contributed by atoms with Crippen LogP contribution in [0, 0.1) is 0 Å². The zero-order valence-corrected chi connectivity index (χ0v) is 21.7. The zero-order valence-electron chi connectivity index (χ0n) is 21.0. The molecule has 36 heavy (non-hydrogen) atoms. The summed E-state index contributed by atoms with van der Waals surface area (Å²) in [4.78, 5) is 14.7. The maximum Gasteiger partial charge on any atom is 0.411 e. The predicted molar refractivity (Wildman–Crippen MR) is 136 cm³/mol. The van der Waals surface area contributed by atoms with Crippen LogP contribution in [0.25, 0.3) is 5.69 Å². The molecule has 6 rings (SSSR count). The number of amides is 1. The number of halogens is 1. The fraction of sp³-hybridized carbons (Fsp3) is 0.464. The van der Waals surface area contributed by atoms with E-state index in [1.165, 1.54) is 11.1 Å². The number of aromatic nitrogens is 3. The van der Waals surface area contributed by atoms with Crippen LogP contribution in [-0.4, -0.2) is 31.4 Å². The van der Waals surface area contributed by atoms with Crippen molar-refractivity contribution in [3.05, 3.63) is 75.8 Å². The Morgan fingerprint density at radius 3 is 2.64 bits per heavy atom. The number of fused-ring (bicyclic) bond motifs is 5. The van der Waals surface area contributed by atoms with Crippen LogP contribution < -0.4 is 0 Å². The molecular formula is C28H31ClN4O3. The SMILES string of the molecule is CC(C)(C)OC(=O)N1Cc2cc(Cl)ccc2-n2c(nnc2[C@H]2CC[C@@]3(CC2)OCc2ccccc23)C1. The summed E-state index contributed by atoms with van der Waals surface area (Å²) >= 11 is 6.37. The average molecular weight is 507 g/mol. The van der Waals surface area contributed by atoms with Gasteiger partial charge in [-0.15, -0.1) is 10.2 Å². The highest BCUT2D eigenvalue weighted by molar-refractivity contribution is 6.30. The Morgan fingerprint density at radius 2 is 1.86 bits per heavy atom. The zero-order chi connectivity index (χ0) is 25.1. The van der Waals surface area contributed by atoms with Crippen LogP contribution in [0.5, 0.6) is 0 Å². The molecular weight excluding hydrogens is 476 g/mol. The summed E-state index contributed by atoms with van der Waals surface area (Å²) in [5.74, 6) is 1.94. The summed E-state index contributed by atoms with van der Waals surface area (Å²) in [5.41, 5.74) is 3.81. The molecule has 0 radical (unpaired) electrons. The first-order chi connectivity index (χ1) is 17.2. The third-order valence-corrected chi connectivity index (χ3v) is 7.79. The third-order valence-electron chi connectivity index (χ3n) is 7.55. The highest BCUT2D eigenvalue weighted by atomic mass is 35.5. The van der Waals surface area contributed by atoms with E-state index < -0.39 is 5.60 Å². The molecule has 0 unspecified atom stereocenters. The largest absolute Gasteiger partial charge is 0.444 e. The smallest absolute Gasteiger partial charge is 0.411 e. The van der Waals surface area contributed by atoms with Crippen LogP contribution in [0.2, 0.25) is 5.02 Å². The molecule has 0 saturated heterocycles. The number of carbonyl (C=O) groups excluding carboxylic acids is 1. The molecule has 2 aliphatic heterocycles. The average Bonchev–Trinajstić information content (AvgIpc) is 3.36. The Bertz CT molecular complexity index is 1320. The van der Waals surface area contributed by atoms with Crippen LogP contribution in [0.3, 0.4) is 0 Å². The summed E-state index contributed by atoms with van der Waals surface area (Å²) in [7, 11) is 0. The van der Waals surface area contributed by atoms with E-state index in [4.69, 9.17) is 21.1 Å². The second kappa shape index (κ2) is 8.60. The first kappa shape index (κ1) is 23.5. The molecule has 3 aromatic rings. The number of hydrogen-bond donors (Lipinski definition) is 0. The Morgan fingerprint density at radius 1 is 1.08 bits per heavy atom. The minimum Gasteiger partial charge on any atom is -0.444 e. The van der Waals surface area contributed by atoms with Gasteiger partial charge in [0.15, 0.2) is 5.82 Å². The van der Waals surface area contributed by atoms with Gasteiger partial charge in [0.2, 0.25) is 0 Å². The second-order valence-electron chi connectivity index (χ2n) is 11.1. The van der Waals surface area contributed by atoms with Gasteiger partial charge in [-0.3, -0.25) is 9.47 Å². The highest BCUT2D eigenvalue weighted by Crippen LogP contribution is 2.50. The number of hydrogen-bond acceptors (Lipinski definition) is 5. The molecule has 3 aliphatic rings. The van der Waals surface area contributed by atoms with Crippen molar-refractivity contribution in [2.75, 3.05) is 0 Å². The summed E-state index contributed by atoms with van der Waals surface area (Å²) in [5, 5.41) is 9.87. The molecule has 1 aliphatic carbocycles. The Balaban J connectivity index is 1.32. The maximum atomic E-state index is 13.0. The number of benzene rings is 2. The van der Waals surface area contributed by atoms with Gasteiger partial charge in [0.05, 0.1) is 31.0 Å². The van der Waals surface area contributed by atoms with E-state index in [0.29, 0.717) is 24.7 Å². The maximum absolute atomic E-state index is 13.0. The van der Waals surface area contributed by atoms with Gasteiger partial charge in [0, 0.05) is 10.9 Å². The van der Waals surface area contributed by atoms with Crippen molar-refractivity contribution in [1.82, 2.24) is 19.7 Å². The van der Waals surface area contributed by atoms with Gasteiger partial charge in [-0.25, -0.2) is 4.79 Å². The van der Waals surface area contributed by atoms with Gasteiger partial charge in [-0.2, -0.15) is 0 Å². The van der Waals surface area contributed by atoms with Gasteiger partial charge in [-0.05, 0) is 81.3 Å². The molecule has 0 N–H and O–H groups in total. The number of rotatable bonds is 1. The monoisotopic (exact) mass is 506 g/mol. The Labute approximate surface area is 216 Å². The van der Waals surface area contributed by atoms with E-state index in [1.54, 1.807) is 4.90 Å². The molecule has 188 valence electrons. The summed E-state index contributed by atoms with van der Waals surface area (Å²) < 4.78 is 14.2. The lowest BCUT2D eigenvalue weighted by molar-refractivity contribution is -0.0674. The lowest BCUT2D eigenvalue weighted by Gasteiger charge is -2.37. The van der Waals surface area contributed by atoms with E-state index >= 15 is 0 Å². The molecule has 0 atom stereocenters. The topological polar surface area (TPSA) is 69.5 Å². The van der Waals surface area contributed by atoms with Crippen LogP contribution in [0.1, 0.15) is 80.7 Å². The van der Waals surface area contributed by atoms with Gasteiger partial charge in [0.25, 0.3) is 0 Å². The number of carbonyl (C=O) groups is 1. The van der Waals surface area contributed by atoms with Gasteiger partial charge in [-0.1, -0.05) is 35.9 Å². The van der Waals surface area contributed by atoms with Crippen molar-refractivity contribution in [3.8, 4) is 5.69 Å². The molecule has 1 amide bonds. The summed E-state index contributed by atoms with van der Waals surface area (Å²) in [6.45, 7) is 7.02. The highest BCUT2D eigenvalue weighted by Gasteiger charge is 2.44. The first-order valence-electron chi connectivity index (χ1n) is 12.7. The van der Waals surface area contributed by atoms with Crippen LogP contribution in [0.4, 0.5) is 4.79 Å². The lowest BCUT2D eigenvalue weighted by Crippen LogP contribution is -2.35. The van der Waals surface area contributed by atoms with E-state index in [2.05, 4.69) is 39.0 Å². The van der Waals surface area contributed by atoms with Crippen molar-refractivity contribution in [3.63, 3.8) is 0 Å². The molecule has 1 aromatic heterocycles. The fourth-order valence-corrected chi connectivity index (χ4v) is 6.08. The third kappa shape index (κ3) is 4.08. The lowest BCUT2D eigenvalue weighted by atomic mass is 9.74. The molecule has 1 spiro atoms. The molecule has 0 bridgehead atoms. The molecule has 3 heterocycles. The van der Waals surface area contributed by atoms with Crippen LogP contribution in [0.15, 0.2) is 42.5 Å². The van der Waals surface area contributed by atoms with Crippen molar-refractivity contribution < 1.29 is 14.3 Å². The number of ether oxygens (including phenoxy) is 2. The van der Waals surface area contributed by atoms with E-state index in [0.717, 1.165) is 48.6 Å². The molecule has 1 fully saturated rings. The molecule has 1 saturated carbocycles. The second-order valence-corrected chi connectivity index (χ2v) is 11.6. The Hall–Kier alpha value is -2.90. The minimum atomic E-state index is -0.585. The van der Waals surface area contributed by atoms with Gasteiger partial charge < -0.3 is 9.47 Å². The van der Waals surface area contributed by atoms with Crippen LogP contribution >= 0.6 is 11.6 Å². The Kier molecular flexibility index (Phi) is 5.61. The molecule has 2 aromatic carbocycles. The standard InChI is InChI=1S/C28H31ClN4O3/c1-27(2,3)36-26(34)32-15-20-14-21(29)8-9-23(20)33-24(16-32)30-31-25(33)18-10-12-28(13-11-18)22-7-5-4-6-19(22)17-35-28/h4-9,14,18H,10-13,15-17H2,1-3H3/t18-,28-. The van der Waals surface area contributed by atoms with Crippen molar-refractivity contribution in [2.24, 2.45) is 0 Å². The van der Waals surface area contributed by atoms with Crippen molar-refractivity contribution in [1.29, 1.82) is 0 Å². The quantitative estimate of drug-likeness (QED) is 0.390. The summed E-state index contributed by atoms with van der Waals surface area (Å²) in [6.07, 6.45) is 3.46. The summed E-state index contributed by atoms with van der Waals surface area (Å²) in [6, 6.07) is 14.4. The van der Waals surface area contributed by atoms with E-state index in [1.807, 2.05) is 39.0 Å². The van der Waals surface area contributed by atoms with Crippen LogP contribution in [-0.2, 0) is 34.8 Å². The number of nitrogens with zero attached hydrogens (tertiary/aromatic N) is 4. The molecule has 8 heteroatoms. The first-order valence-corrected chi connectivity index (χ1v) is 13.0. The fourth-order valence-electron chi connectivity index (χ4n) is 5.89. The normalized spacial score (nSPS) is 23.1. The minimum absolute atomic E-state index is 0.187. The van der Waals surface area contributed by atoms with E-state index in [-0.39, 0.29) is 17.6 Å². The predicted octanol–water partition coefficient (Wildman–Crippen LogP) is 6.25. The van der Waals surface area contributed by atoms with Crippen molar-refractivity contribution in [2.45, 2.75) is 83.3 Å². The van der Waals surface area contributed by atoms with Gasteiger partial charge in [0.1, 0.15) is 11.4 Å². The van der Waals surface area contributed by atoms with Crippen molar-refractivity contribution >= 4 is 17.7 Å². The van der Waals surface area contributed by atoms with E-state index in [9.17, 15) is 4.79 Å².